The number of fused-ring (bicyclic) bond motifs is 1. The molecular weight excluding hydrogens is 190 g/mol. The summed E-state index contributed by atoms with van der Waals surface area (Å²) in [6, 6.07) is 0.356. The van der Waals surface area contributed by atoms with Gasteiger partial charge in [0.15, 0.2) is 0 Å². The molecule has 4 nitrogen and oxygen atoms in total. The maximum atomic E-state index is 10.9. The summed E-state index contributed by atoms with van der Waals surface area (Å²) in [7, 11) is -3.27. The molecule has 2 fully saturated rings. The van der Waals surface area contributed by atoms with E-state index in [4.69, 9.17) is 4.18 Å². The highest BCUT2D eigenvalue weighted by molar-refractivity contribution is 7.86. The fourth-order valence-corrected chi connectivity index (χ4v) is 3.05. The van der Waals surface area contributed by atoms with Gasteiger partial charge in [0.1, 0.15) is 0 Å². The third-order valence-electron chi connectivity index (χ3n) is 2.84. The van der Waals surface area contributed by atoms with Crippen LogP contribution in [0.15, 0.2) is 0 Å². The zero-order chi connectivity index (χ0) is 9.47. The first-order valence-electron chi connectivity index (χ1n) is 4.68. The zero-order valence-electron chi connectivity index (χ0n) is 7.77. The summed E-state index contributed by atoms with van der Waals surface area (Å²) >= 11 is 0. The molecular formula is C8H15NO3S. The molecule has 2 rings (SSSR count). The lowest BCUT2D eigenvalue weighted by molar-refractivity contribution is 0.167. The summed E-state index contributed by atoms with van der Waals surface area (Å²) in [5.41, 5.74) is 0. The summed E-state index contributed by atoms with van der Waals surface area (Å²) in [5.74, 6) is 0. The Morgan fingerprint density at radius 2 is 2.08 bits per heavy atom. The van der Waals surface area contributed by atoms with Crippen LogP contribution in [0.5, 0.6) is 0 Å². The van der Waals surface area contributed by atoms with E-state index < -0.39 is 10.1 Å². The van der Waals surface area contributed by atoms with Crippen molar-refractivity contribution < 1.29 is 12.6 Å². The molecule has 0 bridgehead atoms. The van der Waals surface area contributed by atoms with Gasteiger partial charge in [-0.2, -0.15) is 8.42 Å². The van der Waals surface area contributed by atoms with Gasteiger partial charge in [-0.25, -0.2) is 0 Å². The Morgan fingerprint density at radius 3 is 2.77 bits per heavy atom. The van der Waals surface area contributed by atoms with Crippen molar-refractivity contribution in [1.82, 2.24) is 4.90 Å². The van der Waals surface area contributed by atoms with Crippen molar-refractivity contribution in [3.8, 4) is 0 Å². The van der Waals surface area contributed by atoms with E-state index >= 15 is 0 Å². The Morgan fingerprint density at radius 1 is 1.31 bits per heavy atom. The van der Waals surface area contributed by atoms with Crippen LogP contribution >= 0.6 is 0 Å². The monoisotopic (exact) mass is 205 g/mol. The van der Waals surface area contributed by atoms with E-state index in [-0.39, 0.29) is 6.10 Å². The minimum absolute atomic E-state index is 0.0856. The van der Waals surface area contributed by atoms with Gasteiger partial charge in [-0.05, 0) is 25.8 Å². The fraction of sp³-hybridized carbons (Fsp3) is 1.00. The highest BCUT2D eigenvalue weighted by Gasteiger charge is 2.39. The van der Waals surface area contributed by atoms with E-state index in [9.17, 15) is 8.42 Å². The quantitative estimate of drug-likeness (QED) is 0.604. The smallest absolute Gasteiger partial charge is 0.264 e. The predicted molar refractivity (Wildman–Crippen MR) is 48.9 cm³/mol. The minimum atomic E-state index is -3.27. The van der Waals surface area contributed by atoms with E-state index in [1.807, 2.05) is 0 Å². The van der Waals surface area contributed by atoms with Crippen LogP contribution in [0, 0.1) is 0 Å². The van der Waals surface area contributed by atoms with E-state index in [0.29, 0.717) is 6.04 Å². The highest BCUT2D eigenvalue weighted by atomic mass is 32.2. The summed E-state index contributed by atoms with van der Waals surface area (Å²) in [5, 5.41) is 0. The van der Waals surface area contributed by atoms with Crippen molar-refractivity contribution in [2.45, 2.75) is 31.4 Å². The van der Waals surface area contributed by atoms with E-state index in [0.717, 1.165) is 32.2 Å². The Hall–Kier alpha value is -0.130. The normalized spacial score (nSPS) is 35.2. The molecule has 2 saturated heterocycles. The van der Waals surface area contributed by atoms with Crippen LogP contribution in [-0.2, 0) is 14.3 Å². The zero-order valence-corrected chi connectivity index (χ0v) is 8.59. The largest absolute Gasteiger partial charge is 0.298 e. The molecule has 5 heteroatoms. The van der Waals surface area contributed by atoms with Gasteiger partial charge in [-0.3, -0.25) is 9.08 Å². The van der Waals surface area contributed by atoms with Gasteiger partial charge in [0.05, 0.1) is 12.4 Å². The van der Waals surface area contributed by atoms with Crippen molar-refractivity contribution in [2.24, 2.45) is 0 Å². The van der Waals surface area contributed by atoms with Crippen molar-refractivity contribution in [1.29, 1.82) is 0 Å². The van der Waals surface area contributed by atoms with Gasteiger partial charge < -0.3 is 0 Å². The third-order valence-corrected chi connectivity index (χ3v) is 3.44. The van der Waals surface area contributed by atoms with Gasteiger partial charge in [0, 0.05) is 12.6 Å². The summed E-state index contributed by atoms with van der Waals surface area (Å²) in [6.07, 6.45) is 4.16. The molecule has 0 aromatic rings. The summed E-state index contributed by atoms with van der Waals surface area (Å²) in [4.78, 5) is 2.33. The van der Waals surface area contributed by atoms with Crippen LogP contribution in [0.25, 0.3) is 0 Å². The van der Waals surface area contributed by atoms with Crippen LogP contribution in [0.2, 0.25) is 0 Å². The molecule has 2 unspecified atom stereocenters. The Kier molecular flexibility index (Phi) is 2.33. The van der Waals surface area contributed by atoms with Crippen molar-refractivity contribution in [2.75, 3.05) is 19.3 Å². The van der Waals surface area contributed by atoms with Crippen LogP contribution in [-0.4, -0.2) is 44.8 Å². The number of rotatable bonds is 2. The van der Waals surface area contributed by atoms with Gasteiger partial charge in [-0.1, -0.05) is 0 Å². The van der Waals surface area contributed by atoms with E-state index in [2.05, 4.69) is 4.90 Å². The van der Waals surface area contributed by atoms with Crippen LogP contribution in [0.4, 0.5) is 0 Å². The molecule has 2 aliphatic heterocycles. The molecule has 0 N–H and O–H groups in total. The lowest BCUT2D eigenvalue weighted by Crippen LogP contribution is -2.31. The van der Waals surface area contributed by atoms with Crippen molar-refractivity contribution in [3.63, 3.8) is 0 Å². The average molecular weight is 205 g/mol. The van der Waals surface area contributed by atoms with E-state index in [1.54, 1.807) is 0 Å². The molecule has 2 heterocycles. The molecule has 76 valence electrons. The second kappa shape index (κ2) is 3.22. The Bertz CT molecular complexity index is 288. The maximum Gasteiger partial charge on any atom is 0.264 e. The molecule has 0 spiro atoms. The lowest BCUT2D eigenvalue weighted by atomic mass is 10.1. The Balaban J connectivity index is 2.01. The first-order valence-corrected chi connectivity index (χ1v) is 6.50. The van der Waals surface area contributed by atoms with Crippen molar-refractivity contribution in [3.05, 3.63) is 0 Å². The summed E-state index contributed by atoms with van der Waals surface area (Å²) < 4.78 is 26.9. The van der Waals surface area contributed by atoms with Crippen LogP contribution < -0.4 is 0 Å². The molecule has 0 aliphatic carbocycles. The molecule has 2 aliphatic rings. The number of hydrogen-bond acceptors (Lipinski definition) is 4. The van der Waals surface area contributed by atoms with Gasteiger partial charge in [-0.15, -0.1) is 0 Å². The second-order valence-electron chi connectivity index (χ2n) is 3.87. The molecule has 0 radical (unpaired) electrons. The molecule has 0 aromatic heterocycles. The van der Waals surface area contributed by atoms with Crippen LogP contribution in [0.1, 0.15) is 19.3 Å². The second-order valence-corrected chi connectivity index (χ2v) is 5.47. The lowest BCUT2D eigenvalue weighted by Gasteiger charge is -2.18. The third kappa shape index (κ3) is 2.03. The first kappa shape index (κ1) is 9.43. The minimum Gasteiger partial charge on any atom is -0.298 e. The topological polar surface area (TPSA) is 46.6 Å². The molecule has 0 saturated carbocycles. The molecule has 2 atom stereocenters. The molecule has 0 aromatic carbocycles. The SMILES string of the molecule is CS(=O)(=O)OC1CCN2CCCC12. The van der Waals surface area contributed by atoms with Gasteiger partial charge in [0.25, 0.3) is 10.1 Å². The standard InChI is InChI=1S/C8H15NO3S/c1-13(10,11)12-8-4-6-9-5-2-3-7(8)9/h7-8H,2-6H2,1H3. The van der Waals surface area contributed by atoms with Crippen molar-refractivity contribution >= 4 is 10.1 Å². The fourth-order valence-electron chi connectivity index (χ4n) is 2.37. The van der Waals surface area contributed by atoms with Gasteiger partial charge in [0.2, 0.25) is 0 Å². The maximum absolute atomic E-state index is 10.9. The number of hydrogen-bond donors (Lipinski definition) is 0. The van der Waals surface area contributed by atoms with E-state index in [1.165, 1.54) is 6.42 Å². The first-order chi connectivity index (χ1) is 6.06. The molecule has 0 amide bonds. The summed E-state index contributed by atoms with van der Waals surface area (Å²) in [6.45, 7) is 2.10. The average Bonchev–Trinajstić information content (AvgIpc) is 2.50. The highest BCUT2D eigenvalue weighted by Crippen LogP contribution is 2.30. The van der Waals surface area contributed by atoms with Crippen LogP contribution in [0.3, 0.4) is 0 Å². The number of nitrogens with zero attached hydrogens (tertiary/aromatic N) is 1. The molecule has 13 heavy (non-hydrogen) atoms. The predicted octanol–water partition coefficient (Wildman–Crippen LogP) is 0.199. The Labute approximate surface area is 79.0 Å². The van der Waals surface area contributed by atoms with Gasteiger partial charge >= 0.3 is 0 Å².